The van der Waals surface area contributed by atoms with Gasteiger partial charge in [0.05, 0.1) is 5.69 Å². The van der Waals surface area contributed by atoms with Crippen LogP contribution in [-0.4, -0.2) is 43.6 Å². The zero-order chi connectivity index (χ0) is 20.3. The maximum atomic E-state index is 12.9. The Morgan fingerprint density at radius 2 is 1.97 bits per heavy atom. The monoisotopic (exact) mass is 401 g/mol. The third kappa shape index (κ3) is 2.76. The van der Waals surface area contributed by atoms with Crippen molar-refractivity contribution in [1.29, 1.82) is 0 Å². The summed E-state index contributed by atoms with van der Waals surface area (Å²) in [5, 5.41) is 5.74. The topological polar surface area (TPSA) is 63.9 Å². The van der Waals surface area contributed by atoms with E-state index in [0.29, 0.717) is 23.2 Å². The Morgan fingerprint density at radius 1 is 1.13 bits per heavy atom. The van der Waals surface area contributed by atoms with E-state index in [1.165, 1.54) is 19.3 Å². The molecule has 3 aromatic heterocycles. The van der Waals surface area contributed by atoms with Gasteiger partial charge >= 0.3 is 0 Å². The van der Waals surface area contributed by atoms with Crippen molar-refractivity contribution in [2.24, 2.45) is 11.3 Å². The molecule has 0 N–H and O–H groups in total. The van der Waals surface area contributed by atoms with Crippen molar-refractivity contribution >= 4 is 16.9 Å². The molecule has 30 heavy (non-hydrogen) atoms. The molecular weight excluding hydrogens is 374 g/mol. The van der Waals surface area contributed by atoms with Crippen molar-refractivity contribution in [1.82, 2.24) is 24.6 Å². The molecular formula is C24H27N5O. The first-order valence-electron chi connectivity index (χ1n) is 11.2. The van der Waals surface area contributed by atoms with E-state index in [1.807, 2.05) is 29.8 Å². The molecule has 6 heteroatoms. The molecule has 4 heterocycles. The molecule has 6 rings (SSSR count). The molecule has 0 aromatic carbocycles. The van der Waals surface area contributed by atoms with E-state index in [4.69, 9.17) is 4.98 Å². The highest BCUT2D eigenvalue weighted by Crippen LogP contribution is 2.66. The molecule has 2 saturated carbocycles. The molecule has 0 unspecified atom stereocenters. The number of amides is 1. The van der Waals surface area contributed by atoms with Crippen molar-refractivity contribution in [2.75, 3.05) is 13.1 Å². The van der Waals surface area contributed by atoms with Crippen LogP contribution in [0.4, 0.5) is 0 Å². The lowest BCUT2D eigenvalue weighted by Gasteiger charge is -2.34. The van der Waals surface area contributed by atoms with E-state index in [2.05, 4.69) is 27.1 Å². The van der Waals surface area contributed by atoms with Gasteiger partial charge in [-0.2, -0.15) is 9.78 Å². The highest BCUT2D eigenvalue weighted by atomic mass is 16.2. The predicted octanol–water partition coefficient (Wildman–Crippen LogP) is 4.02. The minimum atomic E-state index is 0.327. The number of likely N-dealkylation sites (tertiary alicyclic amines) is 1. The van der Waals surface area contributed by atoms with Crippen LogP contribution in [0.2, 0.25) is 0 Å². The van der Waals surface area contributed by atoms with Crippen LogP contribution in [-0.2, 0) is 4.79 Å². The van der Waals surface area contributed by atoms with Gasteiger partial charge in [-0.1, -0.05) is 12.5 Å². The maximum Gasteiger partial charge on any atom is 0.226 e. The molecule has 3 aromatic rings. The lowest BCUT2D eigenvalue weighted by atomic mass is 9.79. The average molecular weight is 402 g/mol. The van der Waals surface area contributed by atoms with Gasteiger partial charge in [-0.15, -0.1) is 0 Å². The number of hydrogen-bond acceptors (Lipinski definition) is 4. The number of hydrogen-bond donors (Lipinski definition) is 0. The Kier molecular flexibility index (Phi) is 3.98. The highest BCUT2D eigenvalue weighted by molar-refractivity contribution is 5.83. The molecule has 154 valence electrons. The first-order chi connectivity index (χ1) is 14.6. The minimum Gasteiger partial charge on any atom is -0.342 e. The minimum absolute atomic E-state index is 0.327. The summed E-state index contributed by atoms with van der Waals surface area (Å²) in [5.41, 5.74) is 3.35. The summed E-state index contributed by atoms with van der Waals surface area (Å²) in [5.74, 6) is 1.92. The van der Waals surface area contributed by atoms with Crippen molar-refractivity contribution in [3.05, 3.63) is 47.9 Å². The number of rotatable bonds is 3. The average Bonchev–Trinajstić information content (AvgIpc) is 3.46. The van der Waals surface area contributed by atoms with Gasteiger partial charge < -0.3 is 4.90 Å². The third-order valence-electron chi connectivity index (χ3n) is 7.67. The van der Waals surface area contributed by atoms with Crippen LogP contribution in [0.5, 0.6) is 0 Å². The summed E-state index contributed by atoms with van der Waals surface area (Å²) in [4.78, 5) is 24.5. The first-order valence-corrected chi connectivity index (χ1v) is 11.2. The third-order valence-corrected chi connectivity index (χ3v) is 7.67. The second-order valence-electron chi connectivity index (χ2n) is 9.36. The first kappa shape index (κ1) is 18.0. The zero-order valence-electron chi connectivity index (χ0n) is 17.4. The lowest BCUT2D eigenvalue weighted by Crippen LogP contribution is -2.40. The van der Waals surface area contributed by atoms with E-state index in [9.17, 15) is 4.79 Å². The van der Waals surface area contributed by atoms with Crippen LogP contribution < -0.4 is 0 Å². The summed E-state index contributed by atoms with van der Waals surface area (Å²) >= 11 is 0. The van der Waals surface area contributed by atoms with E-state index in [-0.39, 0.29) is 0 Å². The van der Waals surface area contributed by atoms with Crippen molar-refractivity contribution in [3.63, 3.8) is 0 Å². The molecule has 6 nitrogen and oxygen atoms in total. The standard InChI is InChI=1S/C24H27N5O/c1-16-18-6-7-20(26-22(18)29(27-16)21-5-2-3-12-25-21)17-8-13-28(14-9-17)23(30)19-15-24(19)10-4-11-24/h2-3,5-7,12,17,19H,4,8-11,13-15H2,1H3/t19-/m0/s1. The second kappa shape index (κ2) is 6.62. The molecule has 1 saturated heterocycles. The number of nitrogens with zero attached hydrogens (tertiary/aromatic N) is 5. The largest absolute Gasteiger partial charge is 0.342 e. The van der Waals surface area contributed by atoms with Gasteiger partial charge in [0.15, 0.2) is 11.5 Å². The Hall–Kier alpha value is -2.76. The van der Waals surface area contributed by atoms with Crippen LogP contribution in [0.15, 0.2) is 36.5 Å². The number of aryl methyl sites for hydroxylation is 1. The van der Waals surface area contributed by atoms with E-state index in [1.54, 1.807) is 6.20 Å². The van der Waals surface area contributed by atoms with Crippen molar-refractivity contribution in [3.8, 4) is 5.82 Å². The van der Waals surface area contributed by atoms with E-state index in [0.717, 1.165) is 60.6 Å². The van der Waals surface area contributed by atoms with Gasteiger partial charge in [-0.25, -0.2) is 9.97 Å². The summed E-state index contributed by atoms with van der Waals surface area (Å²) in [6.45, 7) is 3.72. The van der Waals surface area contributed by atoms with E-state index >= 15 is 0 Å². The van der Waals surface area contributed by atoms with Crippen LogP contribution in [0.25, 0.3) is 16.9 Å². The molecule has 1 spiro atoms. The fraction of sp³-hybridized carbons (Fsp3) is 0.500. The van der Waals surface area contributed by atoms with Crippen LogP contribution in [0, 0.1) is 18.3 Å². The summed E-state index contributed by atoms with van der Waals surface area (Å²) in [6, 6.07) is 10.1. The number of carbonyl (C=O) groups excluding carboxylic acids is 1. The molecule has 0 radical (unpaired) electrons. The van der Waals surface area contributed by atoms with Gasteiger partial charge in [0.2, 0.25) is 5.91 Å². The number of piperidine rings is 1. The smallest absolute Gasteiger partial charge is 0.226 e. The fourth-order valence-electron chi connectivity index (χ4n) is 5.52. The summed E-state index contributed by atoms with van der Waals surface area (Å²) < 4.78 is 1.85. The molecule has 3 fully saturated rings. The van der Waals surface area contributed by atoms with Crippen molar-refractivity contribution < 1.29 is 4.79 Å². The maximum absolute atomic E-state index is 12.9. The number of fused-ring (bicyclic) bond motifs is 1. The van der Waals surface area contributed by atoms with Gasteiger partial charge in [-0.3, -0.25) is 4.79 Å². The lowest BCUT2D eigenvalue weighted by molar-refractivity contribution is -0.135. The molecule has 0 bridgehead atoms. The summed E-state index contributed by atoms with van der Waals surface area (Å²) in [6.07, 6.45) is 8.75. The Morgan fingerprint density at radius 3 is 2.63 bits per heavy atom. The highest BCUT2D eigenvalue weighted by Gasteiger charge is 2.61. The Bertz CT molecular complexity index is 1110. The van der Waals surface area contributed by atoms with Crippen LogP contribution >= 0.6 is 0 Å². The normalized spacial score (nSPS) is 23.0. The molecule has 1 amide bonds. The molecule has 3 aliphatic rings. The molecule has 1 aliphatic heterocycles. The summed E-state index contributed by atoms with van der Waals surface area (Å²) in [7, 11) is 0. The van der Waals surface area contributed by atoms with Crippen molar-refractivity contribution in [2.45, 2.75) is 51.4 Å². The number of carbonyl (C=O) groups is 1. The van der Waals surface area contributed by atoms with Gasteiger partial charge in [0.1, 0.15) is 0 Å². The zero-order valence-corrected chi connectivity index (χ0v) is 17.4. The Balaban J connectivity index is 1.21. The fourth-order valence-corrected chi connectivity index (χ4v) is 5.52. The quantitative estimate of drug-likeness (QED) is 0.665. The number of aromatic nitrogens is 4. The van der Waals surface area contributed by atoms with Gasteiger partial charge in [-0.05, 0) is 68.7 Å². The Labute approximate surface area is 176 Å². The van der Waals surface area contributed by atoms with Crippen LogP contribution in [0.1, 0.15) is 55.8 Å². The predicted molar refractivity (Wildman–Crippen MR) is 114 cm³/mol. The number of pyridine rings is 2. The molecule has 1 atom stereocenters. The van der Waals surface area contributed by atoms with E-state index < -0.39 is 0 Å². The molecule has 2 aliphatic carbocycles. The van der Waals surface area contributed by atoms with Crippen LogP contribution in [0.3, 0.4) is 0 Å². The van der Waals surface area contributed by atoms with Gasteiger partial charge in [0.25, 0.3) is 0 Å². The van der Waals surface area contributed by atoms with Gasteiger partial charge in [0, 0.05) is 42.2 Å². The SMILES string of the molecule is Cc1nn(-c2ccccn2)c2nc(C3CCN(C(=O)[C@@H]4CC45CCC5)CC3)ccc12. The second-order valence-corrected chi connectivity index (χ2v) is 9.36.